The van der Waals surface area contributed by atoms with Gasteiger partial charge < -0.3 is 10.5 Å². The van der Waals surface area contributed by atoms with Gasteiger partial charge in [0.15, 0.2) is 0 Å². The number of pyridine rings is 2. The third kappa shape index (κ3) is 5.94. The second-order valence-corrected chi connectivity index (χ2v) is 9.72. The van der Waals surface area contributed by atoms with Gasteiger partial charge in [-0.3, -0.25) is 14.7 Å². The molecule has 1 atom stereocenters. The van der Waals surface area contributed by atoms with E-state index in [0.717, 1.165) is 48.4 Å². The maximum absolute atomic E-state index is 11.9. The summed E-state index contributed by atoms with van der Waals surface area (Å²) in [6, 6.07) is 19.2. The van der Waals surface area contributed by atoms with Gasteiger partial charge in [-0.25, -0.2) is 9.67 Å². The van der Waals surface area contributed by atoms with E-state index in [0.29, 0.717) is 29.3 Å². The quantitative estimate of drug-likeness (QED) is 0.359. The van der Waals surface area contributed by atoms with Gasteiger partial charge in [0.25, 0.3) is 0 Å². The number of methoxy groups -OCH3 is 1. The summed E-state index contributed by atoms with van der Waals surface area (Å²) in [4.78, 5) is 23.6. The number of hydrogen-bond acceptors (Lipinski definition) is 9. The van der Waals surface area contributed by atoms with E-state index in [2.05, 4.69) is 33.2 Å². The van der Waals surface area contributed by atoms with Crippen molar-refractivity contribution in [3.63, 3.8) is 0 Å². The van der Waals surface area contributed by atoms with Gasteiger partial charge in [-0.15, -0.1) is 5.10 Å². The Morgan fingerprint density at radius 1 is 1.10 bits per heavy atom. The lowest BCUT2D eigenvalue weighted by Crippen LogP contribution is -2.38. The fourth-order valence-electron chi connectivity index (χ4n) is 4.96. The Hall–Kier alpha value is -4.62. The predicted molar refractivity (Wildman–Crippen MR) is 146 cm³/mol. The van der Waals surface area contributed by atoms with Crippen LogP contribution in [0, 0.1) is 17.2 Å². The molecule has 0 bridgehead atoms. The first-order chi connectivity index (χ1) is 18.9. The highest BCUT2D eigenvalue weighted by molar-refractivity contribution is 5.72. The first kappa shape index (κ1) is 26.0. The average Bonchev–Trinajstić information content (AvgIpc) is 3.45. The molecule has 0 radical (unpaired) electrons. The largest absolute Gasteiger partial charge is 0.469 e. The molecule has 1 saturated heterocycles. The third-order valence-electron chi connectivity index (χ3n) is 7.16. The van der Waals surface area contributed by atoms with Crippen molar-refractivity contribution in [1.82, 2.24) is 29.9 Å². The number of ether oxygens (including phenoxy) is 1. The highest BCUT2D eigenvalue weighted by atomic mass is 16.5. The molecule has 10 nitrogen and oxygen atoms in total. The number of carbonyl (C=O) groups excluding carboxylic acids is 1. The van der Waals surface area contributed by atoms with Crippen LogP contribution in [0.4, 0.5) is 5.82 Å². The maximum atomic E-state index is 11.9. The topological polar surface area (TPSA) is 136 Å². The molecule has 1 aliphatic rings. The highest BCUT2D eigenvalue weighted by Crippen LogP contribution is 2.28. The van der Waals surface area contributed by atoms with Crippen LogP contribution in [0.3, 0.4) is 0 Å². The second kappa shape index (κ2) is 11.4. The fraction of sp³-hybridized carbons (Fsp3) is 0.310. The molecule has 1 aliphatic heterocycles. The zero-order valence-electron chi connectivity index (χ0n) is 22.0. The molecule has 0 spiro atoms. The third-order valence-corrected chi connectivity index (χ3v) is 7.16. The first-order valence-corrected chi connectivity index (χ1v) is 12.9. The number of aromatic nitrogens is 5. The fourth-order valence-corrected chi connectivity index (χ4v) is 4.96. The Balaban J connectivity index is 1.29. The number of nitrogens with two attached hydrogens (primary N) is 1. The Morgan fingerprint density at radius 3 is 2.67 bits per heavy atom. The van der Waals surface area contributed by atoms with Crippen LogP contribution in [0.2, 0.25) is 0 Å². The number of carbonyl (C=O) groups is 1. The number of rotatable bonds is 7. The lowest BCUT2D eigenvalue weighted by Gasteiger charge is -2.34. The van der Waals surface area contributed by atoms with E-state index in [-0.39, 0.29) is 17.9 Å². The highest BCUT2D eigenvalue weighted by Gasteiger charge is 2.28. The molecule has 198 valence electrons. The molecule has 0 amide bonds. The molecule has 4 heterocycles. The van der Waals surface area contributed by atoms with Crippen LogP contribution in [0.15, 0.2) is 60.8 Å². The summed E-state index contributed by atoms with van der Waals surface area (Å²) >= 11 is 0. The summed E-state index contributed by atoms with van der Waals surface area (Å²) in [5.41, 5.74) is 11.4. The van der Waals surface area contributed by atoms with Gasteiger partial charge in [0, 0.05) is 17.2 Å². The average molecular weight is 523 g/mol. The number of nitriles is 1. The number of hydrogen-bond donors (Lipinski definition) is 1. The van der Waals surface area contributed by atoms with Gasteiger partial charge in [0.05, 0.1) is 54.5 Å². The number of anilines is 1. The van der Waals surface area contributed by atoms with Crippen LogP contribution in [-0.2, 0) is 16.1 Å². The van der Waals surface area contributed by atoms with Crippen LogP contribution >= 0.6 is 0 Å². The van der Waals surface area contributed by atoms with Gasteiger partial charge in [0.2, 0.25) is 0 Å². The van der Waals surface area contributed by atoms with E-state index < -0.39 is 0 Å². The van der Waals surface area contributed by atoms with Crippen molar-refractivity contribution in [2.45, 2.75) is 32.4 Å². The monoisotopic (exact) mass is 522 g/mol. The van der Waals surface area contributed by atoms with Crippen LogP contribution in [0.25, 0.3) is 22.5 Å². The Labute approximate surface area is 227 Å². The normalized spacial score (nSPS) is 15.0. The lowest BCUT2D eigenvalue weighted by molar-refractivity contribution is -0.147. The SMILES string of the molecule is COC(=O)C1CCN([C@H](C)c2cccc(Cn3cc(-c4cc(N)nc(-c5cccc(C#N)c5)c4)nn3)n2)CC1. The van der Waals surface area contributed by atoms with Gasteiger partial charge in [0.1, 0.15) is 11.5 Å². The molecule has 0 unspecified atom stereocenters. The van der Waals surface area contributed by atoms with Crippen molar-refractivity contribution < 1.29 is 9.53 Å². The molecular formula is C29H30N8O2. The maximum Gasteiger partial charge on any atom is 0.308 e. The van der Waals surface area contributed by atoms with E-state index in [1.54, 1.807) is 22.9 Å². The summed E-state index contributed by atoms with van der Waals surface area (Å²) in [6.07, 6.45) is 3.45. The zero-order chi connectivity index (χ0) is 27.4. The standard InChI is InChI=1S/C29H30N8O2/c1-19(36-11-9-21(10-12-36)29(38)39-2)25-8-4-7-24(32-25)17-37-18-27(34-35-37)23-14-26(33-28(31)15-23)22-6-3-5-20(13-22)16-30/h3-8,13-15,18-19,21H,9-12,17H2,1-2H3,(H2,31,33)/t19-/m1/s1. The molecule has 10 heteroatoms. The summed E-state index contributed by atoms with van der Waals surface area (Å²) in [6.45, 7) is 4.28. The summed E-state index contributed by atoms with van der Waals surface area (Å²) in [5, 5.41) is 17.9. The van der Waals surface area contributed by atoms with Crippen LogP contribution in [0.5, 0.6) is 0 Å². The predicted octanol–water partition coefficient (Wildman–Crippen LogP) is 3.85. The van der Waals surface area contributed by atoms with Crippen molar-refractivity contribution >= 4 is 11.8 Å². The smallest absolute Gasteiger partial charge is 0.308 e. The number of benzene rings is 1. The van der Waals surface area contributed by atoms with E-state index >= 15 is 0 Å². The van der Waals surface area contributed by atoms with E-state index in [1.807, 2.05) is 42.6 Å². The number of nitrogen functional groups attached to an aromatic ring is 1. The molecule has 0 saturated carbocycles. The van der Waals surface area contributed by atoms with Crippen molar-refractivity contribution in [3.8, 4) is 28.6 Å². The van der Waals surface area contributed by atoms with E-state index in [1.165, 1.54) is 7.11 Å². The zero-order valence-corrected chi connectivity index (χ0v) is 22.0. The molecular weight excluding hydrogens is 492 g/mol. The number of piperidine rings is 1. The van der Waals surface area contributed by atoms with Crippen molar-refractivity contribution in [2.24, 2.45) is 5.92 Å². The van der Waals surface area contributed by atoms with Gasteiger partial charge in [-0.2, -0.15) is 5.26 Å². The summed E-state index contributed by atoms with van der Waals surface area (Å²) in [5.74, 6) is 0.223. The molecule has 0 aliphatic carbocycles. The Morgan fingerprint density at radius 2 is 1.90 bits per heavy atom. The minimum Gasteiger partial charge on any atom is -0.469 e. The molecule has 39 heavy (non-hydrogen) atoms. The van der Waals surface area contributed by atoms with E-state index in [4.69, 9.17) is 15.5 Å². The first-order valence-electron chi connectivity index (χ1n) is 12.9. The van der Waals surface area contributed by atoms with Crippen molar-refractivity contribution in [2.75, 3.05) is 25.9 Å². The lowest BCUT2D eigenvalue weighted by atomic mass is 9.95. The van der Waals surface area contributed by atoms with Gasteiger partial charge in [-0.05, 0) is 69.3 Å². The van der Waals surface area contributed by atoms with Gasteiger partial charge in [-0.1, -0.05) is 23.4 Å². The molecule has 1 aromatic carbocycles. The summed E-state index contributed by atoms with van der Waals surface area (Å²) in [7, 11) is 1.45. The van der Waals surface area contributed by atoms with Crippen molar-refractivity contribution in [3.05, 3.63) is 77.7 Å². The number of likely N-dealkylation sites (tertiary alicyclic amines) is 1. The molecule has 1 fully saturated rings. The molecule has 2 N–H and O–H groups in total. The van der Waals surface area contributed by atoms with Crippen LogP contribution < -0.4 is 5.73 Å². The second-order valence-electron chi connectivity index (χ2n) is 9.72. The van der Waals surface area contributed by atoms with Crippen molar-refractivity contribution in [1.29, 1.82) is 5.26 Å². The van der Waals surface area contributed by atoms with Gasteiger partial charge >= 0.3 is 5.97 Å². The number of esters is 1. The molecule has 4 aromatic rings. The minimum absolute atomic E-state index is 0.0196. The Bertz CT molecular complexity index is 1520. The summed E-state index contributed by atoms with van der Waals surface area (Å²) < 4.78 is 6.66. The Kier molecular flexibility index (Phi) is 7.61. The number of nitrogens with zero attached hydrogens (tertiary/aromatic N) is 7. The molecule has 5 rings (SSSR count). The van der Waals surface area contributed by atoms with E-state index in [9.17, 15) is 10.1 Å². The van der Waals surface area contributed by atoms with Crippen LogP contribution in [-0.4, -0.2) is 56.0 Å². The van der Waals surface area contributed by atoms with Crippen LogP contribution in [0.1, 0.15) is 42.8 Å². The minimum atomic E-state index is -0.117. The molecule has 3 aromatic heterocycles.